The SMILES string of the molecule is CCN(C(=O)[C@@H](C)Oc1cc([N+](=O)[O-])ccc1OC)c1ccccc1. The molecule has 0 aromatic heterocycles. The van der Waals surface area contributed by atoms with E-state index in [4.69, 9.17) is 9.47 Å². The molecule has 0 radical (unpaired) electrons. The van der Waals surface area contributed by atoms with Gasteiger partial charge in [-0.1, -0.05) is 18.2 Å². The molecule has 2 aromatic rings. The number of benzene rings is 2. The van der Waals surface area contributed by atoms with E-state index in [1.54, 1.807) is 11.8 Å². The Balaban J connectivity index is 2.23. The zero-order chi connectivity index (χ0) is 18.4. The average Bonchev–Trinajstić information content (AvgIpc) is 2.63. The molecule has 7 heteroatoms. The van der Waals surface area contributed by atoms with Crippen molar-refractivity contribution in [3.8, 4) is 11.5 Å². The van der Waals surface area contributed by atoms with Crippen LogP contribution in [-0.2, 0) is 4.79 Å². The number of ether oxygens (including phenoxy) is 2. The highest BCUT2D eigenvalue weighted by molar-refractivity contribution is 5.96. The summed E-state index contributed by atoms with van der Waals surface area (Å²) >= 11 is 0. The summed E-state index contributed by atoms with van der Waals surface area (Å²) in [6.45, 7) is 3.94. The largest absolute Gasteiger partial charge is 0.493 e. The molecule has 0 aliphatic carbocycles. The molecule has 0 bridgehead atoms. The van der Waals surface area contributed by atoms with Gasteiger partial charge in [0.25, 0.3) is 11.6 Å². The highest BCUT2D eigenvalue weighted by Crippen LogP contribution is 2.32. The monoisotopic (exact) mass is 344 g/mol. The maximum atomic E-state index is 12.7. The molecule has 25 heavy (non-hydrogen) atoms. The van der Waals surface area contributed by atoms with E-state index >= 15 is 0 Å². The lowest BCUT2D eigenvalue weighted by molar-refractivity contribution is -0.385. The Morgan fingerprint density at radius 1 is 1.20 bits per heavy atom. The van der Waals surface area contributed by atoms with Crippen LogP contribution in [0.25, 0.3) is 0 Å². The van der Waals surface area contributed by atoms with E-state index in [1.165, 1.54) is 25.3 Å². The molecule has 0 spiro atoms. The molecule has 132 valence electrons. The minimum Gasteiger partial charge on any atom is -0.493 e. The van der Waals surface area contributed by atoms with Crippen molar-refractivity contribution in [1.29, 1.82) is 0 Å². The first kappa shape index (κ1) is 18.3. The van der Waals surface area contributed by atoms with Gasteiger partial charge in [-0.05, 0) is 32.0 Å². The van der Waals surface area contributed by atoms with Crippen LogP contribution in [0.15, 0.2) is 48.5 Å². The Kier molecular flexibility index (Phi) is 5.94. The lowest BCUT2D eigenvalue weighted by Gasteiger charge is -2.25. The molecule has 0 N–H and O–H groups in total. The second kappa shape index (κ2) is 8.14. The Bertz CT molecular complexity index is 748. The van der Waals surface area contributed by atoms with Gasteiger partial charge in [-0.3, -0.25) is 14.9 Å². The number of nitro benzene ring substituents is 1. The first-order valence-corrected chi connectivity index (χ1v) is 7.83. The van der Waals surface area contributed by atoms with Crippen LogP contribution < -0.4 is 14.4 Å². The summed E-state index contributed by atoms with van der Waals surface area (Å²) in [5.74, 6) is 0.233. The Hall–Kier alpha value is -3.09. The predicted molar refractivity (Wildman–Crippen MR) is 94.2 cm³/mol. The van der Waals surface area contributed by atoms with Crippen LogP contribution in [0, 0.1) is 10.1 Å². The minimum atomic E-state index is -0.837. The normalized spacial score (nSPS) is 11.5. The zero-order valence-electron chi connectivity index (χ0n) is 14.3. The fraction of sp³-hybridized carbons (Fsp3) is 0.278. The summed E-state index contributed by atoms with van der Waals surface area (Å²) in [6.07, 6.45) is -0.837. The fourth-order valence-electron chi connectivity index (χ4n) is 2.40. The third kappa shape index (κ3) is 4.26. The molecular weight excluding hydrogens is 324 g/mol. The lowest BCUT2D eigenvalue weighted by Crippen LogP contribution is -2.40. The summed E-state index contributed by atoms with van der Waals surface area (Å²) < 4.78 is 10.8. The molecule has 0 aliphatic heterocycles. The van der Waals surface area contributed by atoms with Crippen LogP contribution in [0.5, 0.6) is 11.5 Å². The summed E-state index contributed by atoms with van der Waals surface area (Å²) in [7, 11) is 1.43. The van der Waals surface area contributed by atoms with Crippen molar-refractivity contribution < 1.29 is 19.2 Å². The number of anilines is 1. The summed E-state index contributed by atoms with van der Waals surface area (Å²) in [5, 5.41) is 10.9. The summed E-state index contributed by atoms with van der Waals surface area (Å²) in [4.78, 5) is 24.7. The second-order valence-corrected chi connectivity index (χ2v) is 5.27. The molecule has 7 nitrogen and oxygen atoms in total. The number of carbonyl (C=O) groups is 1. The van der Waals surface area contributed by atoms with Gasteiger partial charge < -0.3 is 14.4 Å². The van der Waals surface area contributed by atoms with Crippen molar-refractivity contribution in [3.63, 3.8) is 0 Å². The molecule has 0 heterocycles. The van der Waals surface area contributed by atoms with Crippen LogP contribution in [0.1, 0.15) is 13.8 Å². The van der Waals surface area contributed by atoms with Crippen molar-refractivity contribution in [2.24, 2.45) is 0 Å². The molecular formula is C18H20N2O5. The first-order chi connectivity index (χ1) is 12.0. The number of nitro groups is 1. The Morgan fingerprint density at radius 3 is 2.44 bits per heavy atom. The number of likely N-dealkylation sites (N-methyl/N-ethyl adjacent to an activating group) is 1. The van der Waals surface area contributed by atoms with E-state index < -0.39 is 11.0 Å². The summed E-state index contributed by atoms with van der Waals surface area (Å²) in [5.41, 5.74) is 0.627. The number of carbonyl (C=O) groups excluding carboxylic acids is 1. The van der Waals surface area contributed by atoms with E-state index in [1.807, 2.05) is 37.3 Å². The quantitative estimate of drug-likeness (QED) is 0.568. The number of hydrogen-bond acceptors (Lipinski definition) is 5. The van der Waals surface area contributed by atoms with Gasteiger partial charge in [-0.15, -0.1) is 0 Å². The van der Waals surface area contributed by atoms with E-state index in [-0.39, 0.29) is 17.3 Å². The van der Waals surface area contributed by atoms with E-state index in [9.17, 15) is 14.9 Å². The van der Waals surface area contributed by atoms with Gasteiger partial charge in [0, 0.05) is 18.3 Å². The van der Waals surface area contributed by atoms with Gasteiger partial charge >= 0.3 is 0 Å². The van der Waals surface area contributed by atoms with E-state index in [0.29, 0.717) is 12.3 Å². The molecule has 1 atom stereocenters. The standard InChI is InChI=1S/C18H20N2O5/c1-4-19(14-8-6-5-7-9-14)18(21)13(2)25-17-12-15(20(22)23)10-11-16(17)24-3/h5-13H,4H2,1-3H3/t13-/m1/s1. The van der Waals surface area contributed by atoms with Crippen molar-refractivity contribution in [2.45, 2.75) is 20.0 Å². The van der Waals surface area contributed by atoms with Gasteiger partial charge in [0.05, 0.1) is 18.1 Å². The first-order valence-electron chi connectivity index (χ1n) is 7.83. The van der Waals surface area contributed by atoms with Crippen molar-refractivity contribution in [3.05, 3.63) is 58.6 Å². The maximum absolute atomic E-state index is 12.7. The van der Waals surface area contributed by atoms with Crippen LogP contribution in [-0.4, -0.2) is 30.6 Å². The highest BCUT2D eigenvalue weighted by atomic mass is 16.6. The Morgan fingerprint density at radius 2 is 1.88 bits per heavy atom. The zero-order valence-corrected chi connectivity index (χ0v) is 14.3. The highest BCUT2D eigenvalue weighted by Gasteiger charge is 2.24. The van der Waals surface area contributed by atoms with E-state index in [2.05, 4.69) is 0 Å². The van der Waals surface area contributed by atoms with Gasteiger partial charge in [-0.25, -0.2) is 0 Å². The summed E-state index contributed by atoms with van der Waals surface area (Å²) in [6, 6.07) is 13.3. The maximum Gasteiger partial charge on any atom is 0.273 e. The molecule has 0 saturated carbocycles. The van der Waals surface area contributed by atoms with Crippen molar-refractivity contribution >= 4 is 17.3 Å². The number of para-hydroxylation sites is 1. The topological polar surface area (TPSA) is 81.9 Å². The molecule has 0 fully saturated rings. The number of non-ortho nitro benzene ring substituents is 1. The second-order valence-electron chi connectivity index (χ2n) is 5.27. The molecule has 0 unspecified atom stereocenters. The molecule has 0 aliphatic rings. The number of nitrogens with zero attached hydrogens (tertiary/aromatic N) is 2. The van der Waals surface area contributed by atoms with Crippen molar-refractivity contribution in [2.75, 3.05) is 18.6 Å². The molecule has 2 aromatic carbocycles. The predicted octanol–water partition coefficient (Wildman–Crippen LogP) is 3.42. The van der Waals surface area contributed by atoms with Gasteiger partial charge in [0.1, 0.15) is 0 Å². The smallest absolute Gasteiger partial charge is 0.273 e. The average molecular weight is 344 g/mol. The number of hydrogen-bond donors (Lipinski definition) is 0. The van der Waals surface area contributed by atoms with Gasteiger partial charge in [0.15, 0.2) is 17.6 Å². The van der Waals surface area contributed by atoms with Crippen LogP contribution >= 0.6 is 0 Å². The van der Waals surface area contributed by atoms with Gasteiger partial charge in [-0.2, -0.15) is 0 Å². The minimum absolute atomic E-state index is 0.133. The van der Waals surface area contributed by atoms with Crippen LogP contribution in [0.2, 0.25) is 0 Å². The van der Waals surface area contributed by atoms with Crippen LogP contribution in [0.3, 0.4) is 0 Å². The Labute approximate surface area is 145 Å². The molecule has 2 rings (SSSR count). The third-order valence-corrected chi connectivity index (χ3v) is 3.66. The van der Waals surface area contributed by atoms with Gasteiger partial charge in [0.2, 0.25) is 0 Å². The molecule has 1 amide bonds. The van der Waals surface area contributed by atoms with Crippen LogP contribution in [0.4, 0.5) is 11.4 Å². The number of rotatable bonds is 7. The van der Waals surface area contributed by atoms with E-state index in [0.717, 1.165) is 5.69 Å². The number of amides is 1. The third-order valence-electron chi connectivity index (χ3n) is 3.66. The molecule has 0 saturated heterocycles. The fourth-order valence-corrected chi connectivity index (χ4v) is 2.40. The van der Waals surface area contributed by atoms with Crippen molar-refractivity contribution in [1.82, 2.24) is 0 Å². The number of methoxy groups -OCH3 is 1. The lowest BCUT2D eigenvalue weighted by atomic mass is 10.2.